The molecule has 7 heteroatoms. The fourth-order valence-corrected chi connectivity index (χ4v) is 0.991. The van der Waals surface area contributed by atoms with Crippen molar-refractivity contribution in [3.05, 3.63) is 0 Å². The molecule has 1 N–H and O–H groups in total. The predicted octanol–water partition coefficient (Wildman–Crippen LogP) is 0.510. The Bertz CT molecular complexity index is 163. The highest BCUT2D eigenvalue weighted by Crippen LogP contribution is 2.24. The van der Waals surface area contributed by atoms with Crippen LogP contribution >= 0.6 is 20.6 Å². The van der Waals surface area contributed by atoms with E-state index in [0.717, 1.165) is 4.67 Å². The summed E-state index contributed by atoms with van der Waals surface area (Å²) in [7, 11) is -2.53. The largest absolute Gasteiger partial charge is 0.648 e. The number of rotatable bonds is 1. The van der Waals surface area contributed by atoms with Gasteiger partial charge in [0.15, 0.2) is 0 Å². The first-order valence-corrected chi connectivity index (χ1v) is 3.48. The van der Waals surface area contributed by atoms with Gasteiger partial charge in [-0.25, -0.2) is 4.79 Å². The van der Waals surface area contributed by atoms with Crippen LogP contribution in [-0.2, 0) is 9.30 Å². The second-order valence-corrected chi connectivity index (χ2v) is 2.48. The summed E-state index contributed by atoms with van der Waals surface area (Å²) in [4.78, 5) is 18.7. The number of cyclic esters (lactones) is 1. The van der Waals surface area contributed by atoms with Crippen molar-refractivity contribution in [3.8, 4) is 0 Å². The monoisotopic (exact) mass is 186 g/mol. The Morgan fingerprint density at radius 2 is 2.30 bits per heavy atom. The van der Waals surface area contributed by atoms with Crippen LogP contribution in [0, 0.1) is 0 Å². The van der Waals surface area contributed by atoms with Gasteiger partial charge in [0.25, 0.3) is 0 Å². The molecule has 1 rings (SSSR count). The Hall–Kier alpha value is -0.380. The van der Waals surface area contributed by atoms with Gasteiger partial charge in [-0.15, -0.1) is 17.3 Å². The molecule has 5 nitrogen and oxygen atoms in total. The van der Waals surface area contributed by atoms with Gasteiger partial charge < -0.3 is 4.74 Å². The lowest BCUT2D eigenvalue weighted by Crippen LogP contribution is -2.14. The molecule has 0 saturated carbocycles. The molecule has 1 amide bonds. The maximum Gasteiger partial charge on any atom is 0.648 e. The minimum Gasteiger partial charge on any atom is -0.445 e. The first-order valence-electron chi connectivity index (χ1n) is 2.32. The van der Waals surface area contributed by atoms with Crippen LogP contribution in [0.1, 0.15) is 0 Å². The fourth-order valence-electron chi connectivity index (χ4n) is 0.541. The Balaban J connectivity index is 0.000000810. The van der Waals surface area contributed by atoms with Crippen molar-refractivity contribution in [1.82, 2.24) is 4.67 Å². The minimum atomic E-state index is -2.53. The third kappa shape index (κ3) is 1.80. The van der Waals surface area contributed by atoms with Gasteiger partial charge in [0.05, 0.1) is 0 Å². The van der Waals surface area contributed by atoms with Crippen molar-refractivity contribution in [2.75, 3.05) is 13.2 Å². The second kappa shape index (κ2) is 3.71. The maximum atomic E-state index is 10.4. The number of halogens is 1. The standard InChI is InChI=1S/C3H4NO4P.ClH/c5-3-4(9(6)7)1-2-8-3;/h1-2H2;1H/p+1. The van der Waals surface area contributed by atoms with E-state index in [0.29, 0.717) is 0 Å². The van der Waals surface area contributed by atoms with Gasteiger partial charge in [-0.2, -0.15) is 0 Å². The van der Waals surface area contributed by atoms with Crippen LogP contribution in [-0.4, -0.2) is 28.8 Å². The molecule has 1 heterocycles. The minimum absolute atomic E-state index is 0. The average molecular weight is 187 g/mol. The molecule has 0 bridgehead atoms. The molecule has 1 saturated heterocycles. The molecule has 1 atom stereocenters. The van der Waals surface area contributed by atoms with Crippen LogP contribution in [0.15, 0.2) is 0 Å². The van der Waals surface area contributed by atoms with Crippen molar-refractivity contribution in [1.29, 1.82) is 0 Å². The van der Waals surface area contributed by atoms with Crippen LogP contribution in [0.5, 0.6) is 0 Å². The zero-order chi connectivity index (χ0) is 6.85. The molecule has 1 aliphatic heterocycles. The van der Waals surface area contributed by atoms with E-state index < -0.39 is 14.3 Å². The maximum absolute atomic E-state index is 10.4. The number of hydrogen-bond acceptors (Lipinski definition) is 3. The molecular formula is C3H6ClNO4P+. The number of amides is 1. The van der Waals surface area contributed by atoms with Crippen LogP contribution in [0.3, 0.4) is 0 Å². The van der Waals surface area contributed by atoms with Gasteiger partial charge in [0, 0.05) is 0 Å². The lowest BCUT2D eigenvalue weighted by atomic mass is 10.7. The molecule has 0 aromatic heterocycles. The van der Waals surface area contributed by atoms with E-state index in [2.05, 4.69) is 4.74 Å². The summed E-state index contributed by atoms with van der Waals surface area (Å²) in [5, 5.41) is 0. The first-order chi connectivity index (χ1) is 4.22. The molecule has 0 aromatic carbocycles. The molecule has 1 unspecified atom stereocenters. The average Bonchev–Trinajstić information content (AvgIpc) is 2.13. The van der Waals surface area contributed by atoms with E-state index in [1.807, 2.05) is 0 Å². The van der Waals surface area contributed by atoms with E-state index in [1.54, 1.807) is 0 Å². The smallest absolute Gasteiger partial charge is 0.445 e. The summed E-state index contributed by atoms with van der Waals surface area (Å²) in [5.41, 5.74) is 0. The Morgan fingerprint density at radius 3 is 2.50 bits per heavy atom. The number of carbonyl (C=O) groups is 1. The summed E-state index contributed by atoms with van der Waals surface area (Å²) in [5.74, 6) is 0. The summed E-state index contributed by atoms with van der Waals surface area (Å²) >= 11 is 0. The number of ether oxygens (including phenoxy) is 1. The first kappa shape index (κ1) is 9.62. The molecule has 0 aromatic rings. The Kier molecular flexibility index (Phi) is 3.57. The lowest BCUT2D eigenvalue weighted by molar-refractivity contribution is 0.169. The molecular weight excluding hydrogens is 180 g/mol. The van der Waals surface area contributed by atoms with Gasteiger partial charge in [-0.1, -0.05) is 4.67 Å². The topological polar surface area (TPSA) is 66.8 Å². The normalized spacial score (nSPS) is 17.9. The molecule has 1 fully saturated rings. The summed E-state index contributed by atoms with van der Waals surface area (Å²) < 4.78 is 15.3. The summed E-state index contributed by atoms with van der Waals surface area (Å²) in [6.45, 7) is 0.422. The number of nitrogens with zero attached hydrogens (tertiary/aromatic N) is 1. The van der Waals surface area contributed by atoms with Crippen molar-refractivity contribution in [2.45, 2.75) is 0 Å². The quantitative estimate of drug-likeness (QED) is 0.606. The van der Waals surface area contributed by atoms with Crippen LogP contribution < -0.4 is 0 Å². The van der Waals surface area contributed by atoms with E-state index in [1.165, 1.54) is 0 Å². The summed E-state index contributed by atoms with van der Waals surface area (Å²) in [6.07, 6.45) is -0.710. The zero-order valence-electron chi connectivity index (χ0n) is 4.89. The summed E-state index contributed by atoms with van der Waals surface area (Å²) in [6, 6.07) is 0. The van der Waals surface area contributed by atoms with Crippen LogP contribution in [0.25, 0.3) is 0 Å². The molecule has 0 spiro atoms. The van der Waals surface area contributed by atoms with Gasteiger partial charge in [0.1, 0.15) is 13.2 Å². The molecule has 1 aliphatic rings. The third-order valence-corrected chi connectivity index (χ3v) is 1.72. The second-order valence-electron chi connectivity index (χ2n) is 1.49. The van der Waals surface area contributed by atoms with Gasteiger partial charge >= 0.3 is 14.3 Å². The SMILES string of the molecule is Cl.O=C1OCCN1[P+](=O)O. The van der Waals surface area contributed by atoms with E-state index >= 15 is 0 Å². The number of carbonyl (C=O) groups excluding carboxylic acids is 1. The van der Waals surface area contributed by atoms with Gasteiger partial charge in [0.2, 0.25) is 0 Å². The van der Waals surface area contributed by atoms with Crippen molar-refractivity contribution in [3.63, 3.8) is 0 Å². The molecule has 58 valence electrons. The van der Waals surface area contributed by atoms with Crippen molar-refractivity contribution < 1.29 is 19.0 Å². The van der Waals surface area contributed by atoms with Crippen LogP contribution in [0.4, 0.5) is 4.79 Å². The van der Waals surface area contributed by atoms with Gasteiger partial charge in [-0.05, 0) is 4.57 Å². The van der Waals surface area contributed by atoms with Crippen molar-refractivity contribution in [2.24, 2.45) is 0 Å². The number of hydrogen-bond donors (Lipinski definition) is 1. The third-order valence-electron chi connectivity index (χ3n) is 0.946. The highest BCUT2D eigenvalue weighted by molar-refractivity contribution is 7.36. The Morgan fingerprint density at radius 1 is 1.70 bits per heavy atom. The predicted molar refractivity (Wildman–Crippen MR) is 35.1 cm³/mol. The molecule has 0 aliphatic carbocycles. The zero-order valence-corrected chi connectivity index (χ0v) is 6.60. The lowest BCUT2D eigenvalue weighted by Gasteiger charge is -1.89. The Labute approximate surface area is 64.3 Å². The van der Waals surface area contributed by atoms with E-state index in [9.17, 15) is 9.36 Å². The van der Waals surface area contributed by atoms with Crippen molar-refractivity contribution >= 4 is 26.7 Å². The highest BCUT2D eigenvalue weighted by Gasteiger charge is 2.37. The van der Waals surface area contributed by atoms with E-state index in [4.69, 9.17) is 4.89 Å². The van der Waals surface area contributed by atoms with E-state index in [-0.39, 0.29) is 25.6 Å². The molecule has 0 radical (unpaired) electrons. The molecule has 10 heavy (non-hydrogen) atoms. The fraction of sp³-hybridized carbons (Fsp3) is 0.667. The van der Waals surface area contributed by atoms with Gasteiger partial charge in [-0.3, -0.25) is 0 Å². The van der Waals surface area contributed by atoms with Crippen LogP contribution in [0.2, 0.25) is 0 Å². The highest BCUT2D eigenvalue weighted by atomic mass is 35.5.